The molecular weight excluding hydrogens is 432 g/mol. The summed E-state index contributed by atoms with van der Waals surface area (Å²) in [5.41, 5.74) is -0.0624. The zero-order valence-electron chi connectivity index (χ0n) is 22.8. The Balaban J connectivity index is 5.17. The average molecular weight is 485 g/mol. The van der Waals surface area contributed by atoms with Crippen LogP contribution in [-0.2, 0) is 19.1 Å². The van der Waals surface area contributed by atoms with E-state index in [9.17, 15) is 9.59 Å². The summed E-state index contributed by atoms with van der Waals surface area (Å²) in [4.78, 5) is 25.2. The van der Waals surface area contributed by atoms with E-state index in [4.69, 9.17) is 9.47 Å². The predicted octanol–water partition coefficient (Wildman–Crippen LogP) is 7.55. The van der Waals surface area contributed by atoms with Gasteiger partial charge in [0.2, 0.25) is 0 Å². The average Bonchev–Trinajstić information content (AvgIpc) is 2.67. The van der Waals surface area contributed by atoms with E-state index in [0.717, 1.165) is 37.8 Å². The molecule has 4 nitrogen and oxygen atoms in total. The van der Waals surface area contributed by atoms with Gasteiger partial charge in [-0.25, -0.2) is 9.59 Å². The molecule has 0 aromatic rings. The summed E-state index contributed by atoms with van der Waals surface area (Å²) in [6, 6.07) is 2.29. The number of hydrogen-bond donors (Lipinski definition) is 0. The Morgan fingerprint density at radius 3 is 1.25 bits per heavy atom. The van der Waals surface area contributed by atoms with Crippen LogP contribution in [0, 0.1) is 11.8 Å². The van der Waals surface area contributed by atoms with Gasteiger partial charge in [0.1, 0.15) is 0 Å². The number of hydrogen-bond acceptors (Lipinski definition) is 4. The van der Waals surface area contributed by atoms with E-state index >= 15 is 0 Å². The SMILES string of the molecule is CCCC[Si](C)(C)C(CC(C)C)OC(=O)/C=C\C(=O)OC(CC(C)C)[Si](C)(C)CCCC. The summed E-state index contributed by atoms with van der Waals surface area (Å²) in [6.45, 7) is 22.3. The van der Waals surface area contributed by atoms with Crippen molar-refractivity contribution < 1.29 is 19.1 Å². The zero-order chi connectivity index (χ0) is 24.9. The Labute approximate surface area is 200 Å². The molecule has 0 aliphatic heterocycles. The van der Waals surface area contributed by atoms with Crippen LogP contribution in [0.15, 0.2) is 12.2 Å². The molecule has 0 aliphatic carbocycles. The van der Waals surface area contributed by atoms with Crippen molar-refractivity contribution in [3.8, 4) is 0 Å². The molecule has 0 amide bonds. The van der Waals surface area contributed by atoms with Crippen LogP contribution in [0.25, 0.3) is 0 Å². The predicted molar refractivity (Wildman–Crippen MR) is 142 cm³/mol. The molecule has 0 fully saturated rings. The number of ether oxygens (including phenoxy) is 2. The minimum atomic E-state index is -1.71. The minimum Gasteiger partial charge on any atom is -0.463 e. The highest BCUT2D eigenvalue weighted by atomic mass is 28.3. The maximum Gasteiger partial charge on any atom is 0.330 e. The summed E-state index contributed by atoms with van der Waals surface area (Å²) in [7, 11) is -3.41. The van der Waals surface area contributed by atoms with E-state index in [-0.39, 0.29) is 11.5 Å². The van der Waals surface area contributed by atoms with Gasteiger partial charge in [-0.2, -0.15) is 0 Å². The van der Waals surface area contributed by atoms with Crippen LogP contribution in [0.4, 0.5) is 0 Å². The molecule has 0 aromatic heterocycles. The van der Waals surface area contributed by atoms with Crippen LogP contribution < -0.4 is 0 Å². The second-order valence-corrected chi connectivity index (χ2v) is 21.9. The van der Waals surface area contributed by atoms with Crippen LogP contribution >= 0.6 is 0 Å². The lowest BCUT2D eigenvalue weighted by Gasteiger charge is -2.33. The van der Waals surface area contributed by atoms with Crippen LogP contribution in [0.3, 0.4) is 0 Å². The first-order chi connectivity index (χ1) is 14.7. The standard InChI is InChI=1S/C26H52O4Si2/c1-11-13-17-31(7,8)25(19-21(3)4)29-23(27)15-16-24(28)30-26(20-22(5)6)32(9,10)18-14-12-2/h15-16,21-22,25-26H,11-14,17-20H2,1-10H3/b16-15-. The van der Waals surface area contributed by atoms with E-state index < -0.39 is 28.1 Å². The maximum absolute atomic E-state index is 12.6. The first kappa shape index (κ1) is 31.1. The third-order valence-corrected chi connectivity index (χ3v) is 13.8. The molecule has 2 unspecified atom stereocenters. The highest BCUT2D eigenvalue weighted by Crippen LogP contribution is 2.27. The second kappa shape index (κ2) is 15.1. The molecular formula is C26H52O4Si2. The molecule has 0 spiro atoms. The molecule has 0 aliphatic rings. The molecule has 2 atom stereocenters. The normalized spacial score (nSPS) is 14.8. The lowest BCUT2D eigenvalue weighted by molar-refractivity contribution is -0.143. The number of carbonyl (C=O) groups excluding carboxylic acids is 2. The van der Waals surface area contributed by atoms with E-state index in [1.165, 1.54) is 25.0 Å². The van der Waals surface area contributed by atoms with Crippen molar-refractivity contribution in [2.45, 2.75) is 130 Å². The van der Waals surface area contributed by atoms with Crippen molar-refractivity contribution in [3.63, 3.8) is 0 Å². The lowest BCUT2D eigenvalue weighted by Crippen LogP contribution is -2.45. The fourth-order valence-electron chi connectivity index (χ4n) is 3.99. The highest BCUT2D eigenvalue weighted by Gasteiger charge is 2.36. The van der Waals surface area contributed by atoms with E-state index in [2.05, 4.69) is 67.7 Å². The molecule has 0 aromatic carbocycles. The van der Waals surface area contributed by atoms with Gasteiger partial charge in [0.25, 0.3) is 0 Å². The molecule has 0 saturated heterocycles. The summed E-state index contributed by atoms with van der Waals surface area (Å²) >= 11 is 0. The Kier molecular flexibility index (Phi) is 14.7. The summed E-state index contributed by atoms with van der Waals surface area (Å²) in [6.07, 6.45) is 8.94. The van der Waals surface area contributed by atoms with Gasteiger partial charge in [-0.3, -0.25) is 0 Å². The van der Waals surface area contributed by atoms with Crippen LogP contribution in [0.1, 0.15) is 80.1 Å². The number of esters is 2. The molecule has 0 saturated carbocycles. The summed E-state index contributed by atoms with van der Waals surface area (Å²) in [5.74, 6) is 0.0737. The molecule has 0 rings (SSSR count). The van der Waals surface area contributed by atoms with Crippen LogP contribution in [0.2, 0.25) is 38.3 Å². The first-order valence-corrected chi connectivity index (χ1v) is 19.4. The van der Waals surface area contributed by atoms with Gasteiger partial charge in [-0.15, -0.1) is 0 Å². The van der Waals surface area contributed by atoms with Crippen molar-refractivity contribution in [1.29, 1.82) is 0 Å². The summed E-state index contributed by atoms with van der Waals surface area (Å²) in [5, 5.41) is 0. The number of rotatable bonds is 16. The van der Waals surface area contributed by atoms with Gasteiger partial charge >= 0.3 is 11.9 Å². The number of carbonyl (C=O) groups is 2. The largest absolute Gasteiger partial charge is 0.463 e. The molecule has 0 heterocycles. The van der Waals surface area contributed by atoms with Crippen LogP contribution in [-0.4, -0.2) is 39.5 Å². The van der Waals surface area contributed by atoms with Crippen molar-refractivity contribution in [1.82, 2.24) is 0 Å². The third kappa shape index (κ3) is 13.0. The van der Waals surface area contributed by atoms with E-state index in [1.54, 1.807) is 0 Å². The number of unbranched alkanes of at least 4 members (excludes halogenated alkanes) is 2. The van der Waals surface area contributed by atoms with Gasteiger partial charge in [0.05, 0.1) is 27.6 Å². The van der Waals surface area contributed by atoms with Crippen LogP contribution in [0.5, 0.6) is 0 Å². The fraction of sp³-hybridized carbons (Fsp3) is 0.846. The third-order valence-electron chi connectivity index (χ3n) is 6.34. The highest BCUT2D eigenvalue weighted by molar-refractivity contribution is 6.79. The Hall–Kier alpha value is -0.886. The first-order valence-electron chi connectivity index (χ1n) is 12.8. The fourth-order valence-corrected chi connectivity index (χ4v) is 10.3. The van der Waals surface area contributed by atoms with Gasteiger partial charge in [-0.1, -0.05) is 106 Å². The Bertz CT molecular complexity index is 532. The Morgan fingerprint density at radius 1 is 0.688 bits per heavy atom. The smallest absolute Gasteiger partial charge is 0.330 e. The van der Waals surface area contributed by atoms with E-state index in [1.807, 2.05) is 0 Å². The van der Waals surface area contributed by atoms with Gasteiger partial charge < -0.3 is 9.47 Å². The zero-order valence-corrected chi connectivity index (χ0v) is 24.8. The van der Waals surface area contributed by atoms with E-state index in [0.29, 0.717) is 11.8 Å². The molecule has 32 heavy (non-hydrogen) atoms. The van der Waals surface area contributed by atoms with Gasteiger partial charge in [0, 0.05) is 12.2 Å². The lowest BCUT2D eigenvalue weighted by atomic mass is 10.1. The quantitative estimate of drug-likeness (QED) is 0.129. The molecule has 0 N–H and O–H groups in total. The monoisotopic (exact) mass is 484 g/mol. The van der Waals surface area contributed by atoms with Crippen molar-refractivity contribution in [2.24, 2.45) is 11.8 Å². The molecule has 0 radical (unpaired) electrons. The second-order valence-electron chi connectivity index (χ2n) is 11.6. The maximum atomic E-state index is 12.6. The van der Waals surface area contributed by atoms with Gasteiger partial charge in [-0.05, 0) is 24.7 Å². The Morgan fingerprint density at radius 2 is 1.00 bits per heavy atom. The van der Waals surface area contributed by atoms with Gasteiger partial charge in [0.15, 0.2) is 0 Å². The topological polar surface area (TPSA) is 52.6 Å². The molecule has 0 bridgehead atoms. The minimum absolute atomic E-state index is 0.0312. The van der Waals surface area contributed by atoms with Crippen molar-refractivity contribution in [2.75, 3.05) is 0 Å². The summed E-state index contributed by atoms with van der Waals surface area (Å²) < 4.78 is 11.8. The van der Waals surface area contributed by atoms with Crippen molar-refractivity contribution in [3.05, 3.63) is 12.2 Å². The van der Waals surface area contributed by atoms with Crippen molar-refractivity contribution >= 4 is 28.1 Å². The molecule has 188 valence electrons. The molecule has 6 heteroatoms.